The second-order valence-corrected chi connectivity index (χ2v) is 6.78. The van der Waals surface area contributed by atoms with Gasteiger partial charge in [-0.2, -0.15) is 5.10 Å². The molecule has 1 amide bonds. The van der Waals surface area contributed by atoms with Crippen molar-refractivity contribution < 1.29 is 19.1 Å². The molecule has 0 unspecified atom stereocenters. The number of benzene rings is 2. The molecule has 1 aromatic heterocycles. The lowest BCUT2D eigenvalue weighted by atomic mass is 10.2. The number of thiophene rings is 1. The van der Waals surface area contributed by atoms with Gasteiger partial charge in [-0.1, -0.05) is 35.9 Å². The summed E-state index contributed by atoms with van der Waals surface area (Å²) in [4.78, 5) is 24.3. The number of rotatable bonds is 7. The van der Waals surface area contributed by atoms with Crippen LogP contribution in [0.15, 0.2) is 71.1 Å². The van der Waals surface area contributed by atoms with Crippen LogP contribution in [0.2, 0.25) is 0 Å². The van der Waals surface area contributed by atoms with Gasteiger partial charge >= 0.3 is 5.97 Å². The fourth-order valence-corrected chi connectivity index (χ4v) is 2.80. The molecule has 28 heavy (non-hydrogen) atoms. The molecule has 0 aliphatic rings. The number of amides is 1. The van der Waals surface area contributed by atoms with Crippen LogP contribution in [-0.4, -0.2) is 24.7 Å². The maximum Gasteiger partial charge on any atom is 0.353 e. The van der Waals surface area contributed by atoms with Crippen LogP contribution >= 0.6 is 11.3 Å². The highest BCUT2D eigenvalue weighted by molar-refractivity contribution is 7.12. The monoisotopic (exact) mass is 394 g/mol. The Bertz CT molecular complexity index is 966. The number of nitrogens with one attached hydrogen (secondary N) is 1. The van der Waals surface area contributed by atoms with Gasteiger partial charge in [0.25, 0.3) is 5.91 Å². The van der Waals surface area contributed by atoms with Gasteiger partial charge in [0.15, 0.2) is 6.61 Å². The number of carbonyl (C=O) groups excluding carboxylic acids is 2. The lowest BCUT2D eigenvalue weighted by Gasteiger charge is -2.05. The zero-order chi connectivity index (χ0) is 19.8. The molecule has 3 aromatic rings. The average molecular weight is 394 g/mol. The summed E-state index contributed by atoms with van der Waals surface area (Å²) in [5.41, 5.74) is 4.19. The van der Waals surface area contributed by atoms with Gasteiger partial charge in [-0.3, -0.25) is 4.79 Å². The van der Waals surface area contributed by atoms with Gasteiger partial charge in [0, 0.05) is 0 Å². The van der Waals surface area contributed by atoms with Crippen molar-refractivity contribution in [2.75, 3.05) is 6.61 Å². The van der Waals surface area contributed by atoms with Crippen molar-refractivity contribution in [1.29, 1.82) is 0 Å². The van der Waals surface area contributed by atoms with Crippen LogP contribution in [0.4, 0.5) is 0 Å². The highest BCUT2D eigenvalue weighted by atomic mass is 32.1. The van der Waals surface area contributed by atoms with E-state index in [0.29, 0.717) is 21.9 Å². The normalized spacial score (nSPS) is 10.6. The molecule has 3 rings (SSSR count). The van der Waals surface area contributed by atoms with E-state index in [9.17, 15) is 9.59 Å². The number of hydrogen-bond donors (Lipinski definition) is 1. The molecule has 0 radical (unpaired) electrons. The highest BCUT2D eigenvalue weighted by Gasteiger charge is 2.09. The van der Waals surface area contributed by atoms with Crippen molar-refractivity contribution in [2.24, 2.45) is 5.10 Å². The second-order valence-electron chi connectivity index (χ2n) is 5.83. The van der Waals surface area contributed by atoms with Gasteiger partial charge < -0.3 is 9.47 Å². The number of carbonyl (C=O) groups is 2. The van der Waals surface area contributed by atoms with E-state index in [0.717, 1.165) is 5.56 Å². The molecule has 0 atom stereocenters. The lowest BCUT2D eigenvalue weighted by molar-refractivity contribution is -0.123. The fourth-order valence-electron chi connectivity index (χ4n) is 2.20. The summed E-state index contributed by atoms with van der Waals surface area (Å²) in [6.45, 7) is 1.84. The quantitative estimate of drug-likeness (QED) is 0.286. The highest BCUT2D eigenvalue weighted by Crippen LogP contribution is 2.16. The van der Waals surface area contributed by atoms with Crippen molar-refractivity contribution in [2.45, 2.75) is 6.92 Å². The van der Waals surface area contributed by atoms with Crippen molar-refractivity contribution in [3.8, 4) is 11.5 Å². The first-order valence-electron chi connectivity index (χ1n) is 8.47. The molecular weight excluding hydrogens is 376 g/mol. The van der Waals surface area contributed by atoms with Crippen LogP contribution in [0.1, 0.15) is 20.8 Å². The predicted octanol–water partition coefficient (Wildman–Crippen LogP) is 3.80. The standard InChI is InChI=1S/C21H18N2O4S/c1-15-7-9-17(10-8-15)26-14-20(24)23-22-13-16-4-2-5-18(12-16)27-21(25)19-6-3-11-28-19/h2-13H,14H2,1H3,(H,23,24). The maximum absolute atomic E-state index is 12.0. The molecule has 0 saturated carbocycles. The van der Waals surface area contributed by atoms with Gasteiger partial charge in [0.05, 0.1) is 6.21 Å². The van der Waals surface area contributed by atoms with Gasteiger partial charge in [-0.05, 0) is 48.2 Å². The third-order valence-electron chi connectivity index (χ3n) is 3.58. The van der Waals surface area contributed by atoms with Crippen molar-refractivity contribution >= 4 is 29.4 Å². The van der Waals surface area contributed by atoms with Gasteiger partial charge in [-0.25, -0.2) is 10.2 Å². The van der Waals surface area contributed by atoms with Crippen molar-refractivity contribution in [1.82, 2.24) is 5.43 Å². The maximum atomic E-state index is 12.0. The van der Waals surface area contributed by atoms with Crippen LogP contribution in [0.25, 0.3) is 0 Å². The predicted molar refractivity (Wildman–Crippen MR) is 108 cm³/mol. The van der Waals surface area contributed by atoms with E-state index >= 15 is 0 Å². The Morgan fingerprint density at radius 1 is 1.07 bits per heavy atom. The van der Waals surface area contributed by atoms with Gasteiger partial charge in [0.2, 0.25) is 0 Å². The first-order chi connectivity index (χ1) is 13.6. The van der Waals surface area contributed by atoms with Crippen molar-refractivity contribution in [3.63, 3.8) is 0 Å². The minimum absolute atomic E-state index is 0.140. The SMILES string of the molecule is Cc1ccc(OCC(=O)NN=Cc2cccc(OC(=O)c3cccs3)c2)cc1. The van der Waals surface area contributed by atoms with E-state index in [1.54, 1.807) is 48.5 Å². The largest absolute Gasteiger partial charge is 0.484 e. The summed E-state index contributed by atoms with van der Waals surface area (Å²) in [7, 11) is 0. The summed E-state index contributed by atoms with van der Waals surface area (Å²) >= 11 is 1.31. The molecule has 0 fully saturated rings. The van der Waals surface area contributed by atoms with Crippen molar-refractivity contribution in [3.05, 3.63) is 82.0 Å². The van der Waals surface area contributed by atoms with E-state index in [1.165, 1.54) is 17.6 Å². The van der Waals surface area contributed by atoms with E-state index in [-0.39, 0.29) is 12.5 Å². The molecule has 0 saturated heterocycles. The number of hydrazone groups is 1. The van der Waals surface area contributed by atoms with E-state index in [1.807, 2.05) is 24.4 Å². The number of nitrogens with zero attached hydrogens (tertiary/aromatic N) is 1. The van der Waals surface area contributed by atoms with Crippen LogP contribution in [0.5, 0.6) is 11.5 Å². The number of ether oxygens (including phenoxy) is 2. The molecule has 6 nitrogen and oxygen atoms in total. The second kappa shape index (κ2) is 9.48. The average Bonchev–Trinajstić information content (AvgIpc) is 3.23. The zero-order valence-electron chi connectivity index (χ0n) is 15.1. The molecular formula is C21H18N2O4S. The van der Waals surface area contributed by atoms with Gasteiger partial charge in [-0.15, -0.1) is 11.3 Å². The summed E-state index contributed by atoms with van der Waals surface area (Å²) in [5, 5.41) is 5.71. The number of aryl methyl sites for hydroxylation is 1. The minimum atomic E-state index is -0.411. The van der Waals surface area contributed by atoms with E-state index < -0.39 is 5.97 Å². The third-order valence-corrected chi connectivity index (χ3v) is 4.43. The Labute approximate surface area is 166 Å². The summed E-state index contributed by atoms with van der Waals surface area (Å²) in [6, 6.07) is 17.8. The smallest absolute Gasteiger partial charge is 0.353 e. The summed E-state index contributed by atoms with van der Waals surface area (Å²) in [5.74, 6) is 0.226. The molecule has 7 heteroatoms. The molecule has 0 aliphatic carbocycles. The Morgan fingerprint density at radius 2 is 1.89 bits per heavy atom. The van der Waals surface area contributed by atoms with Crippen LogP contribution in [0, 0.1) is 6.92 Å². The van der Waals surface area contributed by atoms with Crippen LogP contribution in [-0.2, 0) is 4.79 Å². The topological polar surface area (TPSA) is 77.0 Å². The van der Waals surface area contributed by atoms with Crippen LogP contribution in [0.3, 0.4) is 0 Å². The molecule has 0 aliphatic heterocycles. The Kier molecular flexibility index (Phi) is 6.54. The van der Waals surface area contributed by atoms with Gasteiger partial charge in [0.1, 0.15) is 16.4 Å². The lowest BCUT2D eigenvalue weighted by Crippen LogP contribution is -2.24. The number of esters is 1. The fraction of sp³-hybridized carbons (Fsp3) is 0.0952. The summed E-state index contributed by atoms with van der Waals surface area (Å²) in [6.07, 6.45) is 1.46. The molecule has 1 heterocycles. The number of hydrogen-bond acceptors (Lipinski definition) is 6. The molecule has 1 N–H and O–H groups in total. The Morgan fingerprint density at radius 3 is 2.64 bits per heavy atom. The molecule has 142 valence electrons. The van der Waals surface area contributed by atoms with E-state index in [2.05, 4.69) is 10.5 Å². The first-order valence-corrected chi connectivity index (χ1v) is 9.35. The molecule has 2 aromatic carbocycles. The summed E-state index contributed by atoms with van der Waals surface area (Å²) < 4.78 is 10.7. The minimum Gasteiger partial charge on any atom is -0.484 e. The Hall–Kier alpha value is -3.45. The molecule has 0 spiro atoms. The molecule has 0 bridgehead atoms. The third kappa shape index (κ3) is 5.78. The van der Waals surface area contributed by atoms with Crippen LogP contribution < -0.4 is 14.9 Å². The van der Waals surface area contributed by atoms with E-state index in [4.69, 9.17) is 9.47 Å². The first kappa shape index (κ1) is 19.3. The zero-order valence-corrected chi connectivity index (χ0v) is 15.9. The Balaban J connectivity index is 1.49.